The fourth-order valence-corrected chi connectivity index (χ4v) is 1.60. The standard InChI is InChI=1S/C14H26N2O3/c1-5-6-7-12(18)9-15-14(19)16-13(11(4)17)8-10(2)3/h10,13,17H,4-9H2,1-3H3,(H2,15,16,19)/t13-/m0/s1. The van der Waals surface area contributed by atoms with Crippen molar-refractivity contribution in [3.63, 3.8) is 0 Å². The van der Waals surface area contributed by atoms with E-state index in [4.69, 9.17) is 0 Å². The molecular formula is C14H26N2O3. The lowest BCUT2D eigenvalue weighted by Gasteiger charge is -2.19. The van der Waals surface area contributed by atoms with E-state index >= 15 is 0 Å². The van der Waals surface area contributed by atoms with Crippen LogP contribution in [-0.4, -0.2) is 29.5 Å². The number of nitrogens with one attached hydrogen (secondary N) is 2. The predicted molar refractivity (Wildman–Crippen MR) is 76.1 cm³/mol. The van der Waals surface area contributed by atoms with Gasteiger partial charge in [0.1, 0.15) is 5.76 Å². The first-order valence-electron chi connectivity index (χ1n) is 6.80. The van der Waals surface area contributed by atoms with Crippen molar-refractivity contribution in [2.24, 2.45) is 5.92 Å². The van der Waals surface area contributed by atoms with Gasteiger partial charge in [-0.15, -0.1) is 0 Å². The van der Waals surface area contributed by atoms with Crippen LogP contribution in [0, 0.1) is 5.92 Å². The molecule has 0 aromatic rings. The molecule has 0 unspecified atom stereocenters. The molecule has 0 saturated heterocycles. The second-order valence-corrected chi connectivity index (χ2v) is 5.14. The maximum absolute atomic E-state index is 11.6. The van der Waals surface area contributed by atoms with Crippen LogP contribution >= 0.6 is 0 Å². The Kier molecular flexibility index (Phi) is 8.66. The molecule has 5 heteroatoms. The van der Waals surface area contributed by atoms with E-state index in [0.717, 1.165) is 12.8 Å². The van der Waals surface area contributed by atoms with Crippen LogP contribution < -0.4 is 10.6 Å². The van der Waals surface area contributed by atoms with E-state index in [1.54, 1.807) is 0 Å². The van der Waals surface area contributed by atoms with Crippen LogP contribution in [0.25, 0.3) is 0 Å². The highest BCUT2D eigenvalue weighted by molar-refractivity contribution is 5.85. The number of amides is 2. The quantitative estimate of drug-likeness (QED) is 0.563. The third kappa shape index (κ3) is 9.11. The summed E-state index contributed by atoms with van der Waals surface area (Å²) in [5, 5.41) is 14.5. The summed E-state index contributed by atoms with van der Waals surface area (Å²) >= 11 is 0. The van der Waals surface area contributed by atoms with Gasteiger partial charge in [-0.3, -0.25) is 4.79 Å². The topological polar surface area (TPSA) is 78.4 Å². The Balaban J connectivity index is 4.06. The molecule has 0 aromatic heterocycles. The molecule has 0 aliphatic carbocycles. The number of urea groups is 1. The van der Waals surface area contributed by atoms with E-state index < -0.39 is 12.1 Å². The van der Waals surface area contributed by atoms with Crippen LogP contribution in [0.15, 0.2) is 12.3 Å². The summed E-state index contributed by atoms with van der Waals surface area (Å²) in [5.74, 6) is 0.266. The van der Waals surface area contributed by atoms with Crippen LogP contribution in [0.5, 0.6) is 0 Å². The summed E-state index contributed by atoms with van der Waals surface area (Å²) in [4.78, 5) is 23.0. The molecule has 0 spiro atoms. The first-order chi connectivity index (χ1) is 8.86. The summed E-state index contributed by atoms with van der Waals surface area (Å²) in [5.41, 5.74) is 0. The molecule has 0 rings (SSSR count). The third-order valence-corrected chi connectivity index (χ3v) is 2.67. The lowest BCUT2D eigenvalue weighted by atomic mass is 10.0. The maximum Gasteiger partial charge on any atom is 0.315 e. The van der Waals surface area contributed by atoms with Gasteiger partial charge in [0.25, 0.3) is 0 Å². The number of unbranched alkanes of at least 4 members (excludes halogenated alkanes) is 1. The van der Waals surface area contributed by atoms with E-state index in [9.17, 15) is 14.7 Å². The number of ketones is 1. The molecule has 0 heterocycles. The number of aliphatic hydroxyl groups excluding tert-OH is 1. The van der Waals surface area contributed by atoms with Crippen molar-refractivity contribution in [1.82, 2.24) is 10.6 Å². The van der Waals surface area contributed by atoms with Gasteiger partial charge in [-0.1, -0.05) is 33.8 Å². The summed E-state index contributed by atoms with van der Waals surface area (Å²) in [6.07, 6.45) is 2.88. The Morgan fingerprint density at radius 3 is 2.42 bits per heavy atom. The summed E-state index contributed by atoms with van der Waals surface area (Å²) in [6, 6.07) is -0.934. The highest BCUT2D eigenvalue weighted by atomic mass is 16.3. The van der Waals surface area contributed by atoms with Crippen molar-refractivity contribution < 1.29 is 14.7 Å². The first-order valence-corrected chi connectivity index (χ1v) is 6.80. The zero-order valence-electron chi connectivity index (χ0n) is 12.2. The van der Waals surface area contributed by atoms with Gasteiger partial charge < -0.3 is 15.7 Å². The Morgan fingerprint density at radius 2 is 1.95 bits per heavy atom. The van der Waals surface area contributed by atoms with Gasteiger partial charge in [0.05, 0.1) is 12.6 Å². The number of Topliss-reactive ketones (excluding diaryl/α,β-unsaturated/α-hetero) is 1. The minimum Gasteiger partial charge on any atom is -0.511 e. The molecule has 0 aromatic carbocycles. The molecule has 5 nitrogen and oxygen atoms in total. The second kappa shape index (κ2) is 9.42. The number of hydrogen-bond donors (Lipinski definition) is 3. The molecule has 19 heavy (non-hydrogen) atoms. The lowest BCUT2D eigenvalue weighted by molar-refractivity contribution is -0.118. The maximum atomic E-state index is 11.6. The highest BCUT2D eigenvalue weighted by Crippen LogP contribution is 2.09. The second-order valence-electron chi connectivity index (χ2n) is 5.14. The summed E-state index contributed by atoms with van der Waals surface area (Å²) in [7, 11) is 0. The van der Waals surface area contributed by atoms with Crippen molar-refractivity contribution in [2.75, 3.05) is 6.54 Å². The predicted octanol–water partition coefficient (Wildman–Crippen LogP) is 2.53. The van der Waals surface area contributed by atoms with Crippen molar-refractivity contribution in [2.45, 2.75) is 52.5 Å². The number of carbonyl (C=O) groups is 2. The zero-order valence-corrected chi connectivity index (χ0v) is 12.2. The lowest BCUT2D eigenvalue weighted by Crippen LogP contribution is -2.45. The van der Waals surface area contributed by atoms with Crippen LogP contribution in [0.1, 0.15) is 46.5 Å². The number of aliphatic hydroxyl groups is 1. The van der Waals surface area contributed by atoms with E-state index in [0.29, 0.717) is 18.8 Å². The molecule has 1 atom stereocenters. The smallest absolute Gasteiger partial charge is 0.315 e. The molecule has 3 N–H and O–H groups in total. The van der Waals surface area contributed by atoms with Crippen LogP contribution in [0.4, 0.5) is 4.79 Å². The van der Waals surface area contributed by atoms with Crippen LogP contribution in [0.2, 0.25) is 0 Å². The summed E-state index contributed by atoms with van der Waals surface area (Å²) < 4.78 is 0. The molecule has 0 radical (unpaired) electrons. The third-order valence-electron chi connectivity index (χ3n) is 2.67. The number of hydrogen-bond acceptors (Lipinski definition) is 3. The van der Waals surface area contributed by atoms with Gasteiger partial charge in [-0.25, -0.2) is 4.79 Å². The average molecular weight is 270 g/mol. The highest BCUT2D eigenvalue weighted by Gasteiger charge is 2.16. The van der Waals surface area contributed by atoms with Crippen LogP contribution in [-0.2, 0) is 4.79 Å². The SMILES string of the molecule is C=C(O)[C@H](CC(C)C)NC(=O)NCC(=O)CCCC. The Labute approximate surface area is 115 Å². The van der Waals surface area contributed by atoms with Crippen LogP contribution in [0.3, 0.4) is 0 Å². The molecule has 0 aliphatic rings. The average Bonchev–Trinajstić information content (AvgIpc) is 2.32. The van der Waals surface area contributed by atoms with E-state index in [1.807, 2.05) is 20.8 Å². The van der Waals surface area contributed by atoms with Crippen molar-refractivity contribution in [3.05, 3.63) is 12.3 Å². The summed E-state index contributed by atoms with van der Waals surface area (Å²) in [6.45, 7) is 9.46. The van der Waals surface area contributed by atoms with E-state index in [-0.39, 0.29) is 18.1 Å². The molecule has 0 fully saturated rings. The Morgan fingerprint density at radius 1 is 1.32 bits per heavy atom. The molecule has 0 saturated carbocycles. The Hall–Kier alpha value is -1.52. The van der Waals surface area contributed by atoms with Gasteiger partial charge in [-0.2, -0.15) is 0 Å². The van der Waals surface area contributed by atoms with Gasteiger partial charge in [0.2, 0.25) is 0 Å². The monoisotopic (exact) mass is 270 g/mol. The molecule has 0 aliphatic heterocycles. The number of carbonyl (C=O) groups excluding carboxylic acids is 2. The molecular weight excluding hydrogens is 244 g/mol. The minimum atomic E-state index is -0.481. The minimum absolute atomic E-state index is 0.0141. The largest absolute Gasteiger partial charge is 0.511 e. The van der Waals surface area contributed by atoms with Gasteiger partial charge in [0.15, 0.2) is 5.78 Å². The normalized spacial score (nSPS) is 12.0. The van der Waals surface area contributed by atoms with Gasteiger partial charge >= 0.3 is 6.03 Å². The van der Waals surface area contributed by atoms with Crippen molar-refractivity contribution in [3.8, 4) is 0 Å². The fourth-order valence-electron chi connectivity index (χ4n) is 1.60. The van der Waals surface area contributed by atoms with Gasteiger partial charge in [0, 0.05) is 6.42 Å². The molecule has 0 bridgehead atoms. The van der Waals surface area contributed by atoms with E-state index in [2.05, 4.69) is 17.2 Å². The molecule has 110 valence electrons. The van der Waals surface area contributed by atoms with Crippen molar-refractivity contribution in [1.29, 1.82) is 0 Å². The zero-order chi connectivity index (χ0) is 14.8. The number of rotatable bonds is 9. The fraction of sp³-hybridized carbons (Fsp3) is 0.714. The van der Waals surface area contributed by atoms with Gasteiger partial charge in [-0.05, 0) is 18.8 Å². The van der Waals surface area contributed by atoms with E-state index in [1.165, 1.54) is 0 Å². The van der Waals surface area contributed by atoms with Crippen molar-refractivity contribution >= 4 is 11.8 Å². The Bertz CT molecular complexity index is 314. The molecule has 2 amide bonds. The first kappa shape index (κ1) is 17.5.